The van der Waals surface area contributed by atoms with Gasteiger partial charge in [0.25, 0.3) is 0 Å². The summed E-state index contributed by atoms with van der Waals surface area (Å²) in [5.41, 5.74) is 6.05. The number of nitrogens with zero attached hydrogens (tertiary/aromatic N) is 2. The van der Waals surface area contributed by atoms with Crippen LogP contribution in [0, 0.1) is 5.92 Å². The lowest BCUT2D eigenvalue weighted by molar-refractivity contribution is 0.218. The van der Waals surface area contributed by atoms with Gasteiger partial charge >= 0.3 is 6.01 Å². The molecule has 16 heavy (non-hydrogen) atoms. The third kappa shape index (κ3) is 4.47. The Morgan fingerprint density at radius 1 is 1.31 bits per heavy atom. The largest absolute Gasteiger partial charge is 0.463 e. The monoisotopic (exact) mass is 223 g/mol. The molecule has 0 bridgehead atoms. The summed E-state index contributed by atoms with van der Waals surface area (Å²) in [4.78, 5) is 8.01. The number of hydrogen-bond donors (Lipinski definition) is 1. The van der Waals surface area contributed by atoms with E-state index in [2.05, 4.69) is 23.8 Å². The molecule has 1 heterocycles. The molecule has 0 aliphatic carbocycles. The summed E-state index contributed by atoms with van der Waals surface area (Å²) >= 11 is 0. The molecule has 1 aromatic heterocycles. The van der Waals surface area contributed by atoms with E-state index >= 15 is 0 Å². The second-order valence-electron chi connectivity index (χ2n) is 4.03. The molecule has 0 aromatic carbocycles. The number of rotatable bonds is 7. The summed E-state index contributed by atoms with van der Waals surface area (Å²) in [7, 11) is 0. The SMILES string of the molecule is CCCCC(CC)COc1ncc(N)cn1. The molecule has 0 saturated heterocycles. The van der Waals surface area contributed by atoms with Crippen molar-refractivity contribution in [3.63, 3.8) is 0 Å². The van der Waals surface area contributed by atoms with Crippen LogP contribution >= 0.6 is 0 Å². The maximum absolute atomic E-state index is 5.53. The first-order valence-corrected chi connectivity index (χ1v) is 5.96. The normalized spacial score (nSPS) is 12.4. The highest BCUT2D eigenvalue weighted by Gasteiger charge is 2.07. The minimum Gasteiger partial charge on any atom is -0.463 e. The zero-order chi connectivity index (χ0) is 11.8. The molecule has 1 aromatic rings. The first kappa shape index (κ1) is 12.7. The molecular formula is C12H21N3O. The number of nitrogens with two attached hydrogens (primary N) is 1. The summed E-state index contributed by atoms with van der Waals surface area (Å²) < 4.78 is 5.53. The van der Waals surface area contributed by atoms with Crippen molar-refractivity contribution in [3.05, 3.63) is 12.4 Å². The van der Waals surface area contributed by atoms with Crippen LogP contribution < -0.4 is 10.5 Å². The Morgan fingerprint density at radius 3 is 2.56 bits per heavy atom. The number of unbranched alkanes of at least 4 members (excludes halogenated alkanes) is 1. The first-order valence-electron chi connectivity index (χ1n) is 5.96. The van der Waals surface area contributed by atoms with Crippen LogP contribution in [0.1, 0.15) is 39.5 Å². The van der Waals surface area contributed by atoms with Crippen molar-refractivity contribution in [2.75, 3.05) is 12.3 Å². The molecule has 0 fully saturated rings. The van der Waals surface area contributed by atoms with Crippen LogP contribution in [0.3, 0.4) is 0 Å². The molecule has 1 atom stereocenters. The average Bonchev–Trinajstić information content (AvgIpc) is 2.32. The molecule has 1 unspecified atom stereocenters. The van der Waals surface area contributed by atoms with E-state index in [4.69, 9.17) is 10.5 Å². The van der Waals surface area contributed by atoms with Crippen molar-refractivity contribution in [2.24, 2.45) is 5.92 Å². The van der Waals surface area contributed by atoms with E-state index in [9.17, 15) is 0 Å². The second-order valence-corrected chi connectivity index (χ2v) is 4.03. The number of hydrogen-bond acceptors (Lipinski definition) is 4. The van der Waals surface area contributed by atoms with Gasteiger partial charge in [0.15, 0.2) is 0 Å². The lowest BCUT2D eigenvalue weighted by atomic mass is 10.0. The third-order valence-electron chi connectivity index (χ3n) is 2.64. The van der Waals surface area contributed by atoms with E-state index in [0.29, 0.717) is 24.2 Å². The Balaban J connectivity index is 2.34. The molecule has 0 saturated carbocycles. The van der Waals surface area contributed by atoms with Gasteiger partial charge in [0.2, 0.25) is 0 Å². The van der Waals surface area contributed by atoms with Crippen molar-refractivity contribution < 1.29 is 4.74 Å². The topological polar surface area (TPSA) is 61.0 Å². The van der Waals surface area contributed by atoms with Gasteiger partial charge in [-0.15, -0.1) is 0 Å². The van der Waals surface area contributed by atoms with Gasteiger partial charge in [-0.1, -0.05) is 33.1 Å². The smallest absolute Gasteiger partial charge is 0.316 e. The standard InChI is InChI=1S/C12H21N3O/c1-3-5-6-10(4-2)9-16-12-14-7-11(13)8-15-12/h7-8,10H,3-6,9,13H2,1-2H3. The lowest BCUT2D eigenvalue weighted by Gasteiger charge is -2.14. The lowest BCUT2D eigenvalue weighted by Crippen LogP contribution is -2.12. The highest BCUT2D eigenvalue weighted by atomic mass is 16.5. The van der Waals surface area contributed by atoms with Crippen molar-refractivity contribution in [1.82, 2.24) is 9.97 Å². The van der Waals surface area contributed by atoms with E-state index < -0.39 is 0 Å². The molecule has 1 rings (SSSR count). The zero-order valence-corrected chi connectivity index (χ0v) is 10.1. The van der Waals surface area contributed by atoms with E-state index in [1.807, 2.05) is 0 Å². The average molecular weight is 223 g/mol. The number of ether oxygens (including phenoxy) is 1. The van der Waals surface area contributed by atoms with E-state index in [1.54, 1.807) is 12.4 Å². The minimum absolute atomic E-state index is 0.421. The van der Waals surface area contributed by atoms with Crippen molar-refractivity contribution in [1.29, 1.82) is 0 Å². The van der Waals surface area contributed by atoms with Crippen molar-refractivity contribution in [3.8, 4) is 6.01 Å². The fourth-order valence-electron chi connectivity index (χ4n) is 1.49. The maximum Gasteiger partial charge on any atom is 0.316 e. The van der Waals surface area contributed by atoms with Gasteiger partial charge in [-0.25, -0.2) is 9.97 Å². The zero-order valence-electron chi connectivity index (χ0n) is 10.1. The predicted octanol–water partition coefficient (Wildman–Crippen LogP) is 2.65. The third-order valence-corrected chi connectivity index (χ3v) is 2.64. The Hall–Kier alpha value is -1.32. The highest BCUT2D eigenvalue weighted by molar-refractivity contribution is 5.30. The van der Waals surface area contributed by atoms with Gasteiger partial charge < -0.3 is 10.5 Å². The Bertz CT molecular complexity index is 287. The Labute approximate surface area is 97.2 Å². The van der Waals surface area contributed by atoms with Crippen LogP contribution in [0.15, 0.2) is 12.4 Å². The number of aromatic nitrogens is 2. The molecule has 4 nitrogen and oxygen atoms in total. The molecule has 0 amide bonds. The number of anilines is 1. The van der Waals surface area contributed by atoms with Gasteiger partial charge in [-0.05, 0) is 12.3 Å². The minimum atomic E-state index is 0.421. The first-order chi connectivity index (χ1) is 7.76. The Kier molecular flexibility index (Phi) is 5.61. The van der Waals surface area contributed by atoms with E-state index in [-0.39, 0.29) is 0 Å². The van der Waals surface area contributed by atoms with E-state index in [0.717, 1.165) is 6.42 Å². The summed E-state index contributed by atoms with van der Waals surface area (Å²) in [5, 5.41) is 0. The van der Waals surface area contributed by atoms with Crippen LogP contribution in [0.4, 0.5) is 5.69 Å². The summed E-state index contributed by atoms with van der Waals surface area (Å²) in [6, 6.07) is 0.421. The molecule has 4 heteroatoms. The fourth-order valence-corrected chi connectivity index (χ4v) is 1.49. The summed E-state index contributed by atoms with van der Waals surface area (Å²) in [6.07, 6.45) is 7.96. The molecule has 0 aliphatic heterocycles. The highest BCUT2D eigenvalue weighted by Crippen LogP contribution is 2.14. The molecule has 0 aliphatic rings. The molecule has 90 valence electrons. The van der Waals surface area contributed by atoms with Crippen molar-refractivity contribution in [2.45, 2.75) is 39.5 Å². The number of nitrogen functional groups attached to an aromatic ring is 1. The summed E-state index contributed by atoms with van der Waals surface area (Å²) in [5.74, 6) is 0.598. The Morgan fingerprint density at radius 2 is 2.00 bits per heavy atom. The predicted molar refractivity (Wildman–Crippen MR) is 65.2 cm³/mol. The van der Waals surface area contributed by atoms with Gasteiger partial charge in [0.05, 0.1) is 24.7 Å². The molecule has 2 N–H and O–H groups in total. The summed E-state index contributed by atoms with van der Waals surface area (Å²) in [6.45, 7) is 5.09. The van der Waals surface area contributed by atoms with Crippen LogP contribution in [0.5, 0.6) is 6.01 Å². The van der Waals surface area contributed by atoms with Crippen LogP contribution in [-0.4, -0.2) is 16.6 Å². The fraction of sp³-hybridized carbons (Fsp3) is 0.667. The van der Waals surface area contributed by atoms with Gasteiger partial charge in [-0.2, -0.15) is 0 Å². The quantitative estimate of drug-likeness (QED) is 0.772. The van der Waals surface area contributed by atoms with Crippen LogP contribution in [0.2, 0.25) is 0 Å². The molecule has 0 radical (unpaired) electrons. The maximum atomic E-state index is 5.53. The van der Waals surface area contributed by atoms with Crippen molar-refractivity contribution >= 4 is 5.69 Å². The molecule has 0 spiro atoms. The molecular weight excluding hydrogens is 202 g/mol. The second kappa shape index (κ2) is 7.04. The van der Waals surface area contributed by atoms with Gasteiger partial charge in [-0.3, -0.25) is 0 Å². The van der Waals surface area contributed by atoms with Gasteiger partial charge in [0, 0.05) is 0 Å². The van der Waals surface area contributed by atoms with Crippen LogP contribution in [0.25, 0.3) is 0 Å². The van der Waals surface area contributed by atoms with Crippen LogP contribution in [-0.2, 0) is 0 Å². The van der Waals surface area contributed by atoms with Gasteiger partial charge in [0.1, 0.15) is 0 Å². The van der Waals surface area contributed by atoms with E-state index in [1.165, 1.54) is 19.3 Å².